The molecule has 6 aliphatic rings. The molecule has 0 radical (unpaired) electrons. The van der Waals surface area contributed by atoms with Crippen LogP contribution in [0.25, 0.3) is 0 Å². The summed E-state index contributed by atoms with van der Waals surface area (Å²) in [4.78, 5) is 22.5. The van der Waals surface area contributed by atoms with Crippen LogP contribution in [-0.4, -0.2) is 136 Å². The van der Waals surface area contributed by atoms with Crippen LogP contribution in [0.1, 0.15) is 77.0 Å². The summed E-state index contributed by atoms with van der Waals surface area (Å²) in [6.45, 7) is 0. The van der Waals surface area contributed by atoms with Gasteiger partial charge in [-0.15, -0.1) is 0 Å². The van der Waals surface area contributed by atoms with E-state index in [9.17, 15) is 9.59 Å². The third-order valence-corrected chi connectivity index (χ3v) is 22.6. The average molecular weight is 859 g/mol. The number of ether oxygens (including phenoxy) is 3. The van der Waals surface area contributed by atoms with Crippen LogP contribution in [0.2, 0.25) is 18.1 Å². The molecule has 9 atom stereocenters. The van der Waals surface area contributed by atoms with Crippen molar-refractivity contribution >= 4 is 60.5 Å². The Morgan fingerprint density at radius 3 is 1.09 bits per heavy atom. The lowest BCUT2D eigenvalue weighted by molar-refractivity contribution is 0.0951. The summed E-state index contributed by atoms with van der Waals surface area (Å²) >= 11 is 2.72. The summed E-state index contributed by atoms with van der Waals surface area (Å²) in [5.74, 6) is 1.97. The van der Waals surface area contributed by atoms with Crippen LogP contribution in [0, 0.1) is 17.8 Å². The molecule has 9 unspecified atom stereocenters. The summed E-state index contributed by atoms with van der Waals surface area (Å²) in [6.07, 6.45) is 14.6. The van der Waals surface area contributed by atoms with E-state index in [1.165, 1.54) is 42.8 Å². The van der Waals surface area contributed by atoms with Gasteiger partial charge < -0.3 is 54.0 Å². The number of thioether (sulfide) groups is 2. The quantitative estimate of drug-likeness (QED) is 0.0778. The number of rotatable bonds is 18. The SMILES string of the molecule is CO[Si](CCC1CCC2OC(=O)SC2C1)(OC)OC.CO[Si](CCC1CCC2OC(=O)SC2C1)(OC)OC.CO[Si](CCC1CCC2OC2C1)(OC)OC. The fourth-order valence-electron chi connectivity index (χ4n) is 8.52. The van der Waals surface area contributed by atoms with Crippen LogP contribution >= 0.6 is 23.5 Å². The van der Waals surface area contributed by atoms with Gasteiger partial charge in [0.15, 0.2) is 0 Å². The van der Waals surface area contributed by atoms with E-state index < -0.39 is 26.4 Å². The molecule has 0 spiro atoms. The Balaban J connectivity index is 0.000000181. The van der Waals surface area contributed by atoms with Crippen LogP contribution in [0.15, 0.2) is 0 Å². The highest BCUT2D eigenvalue weighted by Gasteiger charge is 2.47. The van der Waals surface area contributed by atoms with Gasteiger partial charge in [0.25, 0.3) is 0 Å². The molecule has 0 aromatic heterocycles. The lowest BCUT2D eigenvalue weighted by atomic mass is 9.85. The first-order valence-electron chi connectivity index (χ1n) is 19.3. The lowest BCUT2D eigenvalue weighted by Crippen LogP contribution is -2.43. The maximum Gasteiger partial charge on any atom is 0.500 e. The highest BCUT2D eigenvalue weighted by atomic mass is 32.2. The molecule has 14 nitrogen and oxygen atoms in total. The molecule has 0 N–H and O–H groups in total. The Labute approximate surface area is 334 Å². The third kappa shape index (κ3) is 12.9. The molecule has 314 valence electrons. The second-order valence-electron chi connectivity index (χ2n) is 14.9. The van der Waals surface area contributed by atoms with E-state index in [-0.39, 0.29) is 22.8 Å². The molecule has 19 heteroatoms. The minimum atomic E-state index is -2.45. The number of fused-ring (bicyclic) bond motifs is 3. The Kier molecular flexibility index (Phi) is 19.2. The molecule has 54 heavy (non-hydrogen) atoms. The molecule has 3 saturated carbocycles. The van der Waals surface area contributed by atoms with Gasteiger partial charge in [0, 0.05) is 82.1 Å². The van der Waals surface area contributed by atoms with E-state index in [4.69, 9.17) is 54.0 Å². The van der Waals surface area contributed by atoms with Crippen molar-refractivity contribution in [2.24, 2.45) is 17.8 Å². The van der Waals surface area contributed by atoms with Gasteiger partial charge in [-0.3, -0.25) is 0 Å². The second-order valence-corrected chi connectivity index (χ2v) is 26.5. The van der Waals surface area contributed by atoms with Crippen molar-refractivity contribution < 1.29 is 63.6 Å². The highest BCUT2D eigenvalue weighted by Crippen LogP contribution is 2.44. The zero-order chi connectivity index (χ0) is 39.4. The monoisotopic (exact) mass is 858 g/mol. The summed E-state index contributed by atoms with van der Waals surface area (Å²) in [5.41, 5.74) is 0. The van der Waals surface area contributed by atoms with Crippen molar-refractivity contribution in [2.45, 2.75) is 130 Å². The predicted molar refractivity (Wildman–Crippen MR) is 213 cm³/mol. The van der Waals surface area contributed by atoms with E-state index in [1.807, 2.05) is 0 Å². The van der Waals surface area contributed by atoms with Gasteiger partial charge in [-0.2, -0.15) is 0 Å². The molecule has 3 aliphatic heterocycles. The lowest BCUT2D eigenvalue weighted by Gasteiger charge is -2.31. The smallest absolute Gasteiger partial charge is 0.453 e. The van der Waals surface area contributed by atoms with Crippen LogP contribution in [-0.2, 0) is 54.0 Å². The first-order valence-corrected chi connectivity index (χ1v) is 26.9. The van der Waals surface area contributed by atoms with E-state index in [0.29, 0.717) is 34.5 Å². The van der Waals surface area contributed by atoms with E-state index >= 15 is 0 Å². The van der Waals surface area contributed by atoms with Gasteiger partial charge in [0.1, 0.15) is 12.2 Å². The first-order chi connectivity index (χ1) is 26.0. The summed E-state index contributed by atoms with van der Waals surface area (Å²) < 4.78 is 65.0. The molecular weight excluding hydrogens is 793 g/mol. The van der Waals surface area contributed by atoms with Crippen LogP contribution in [0.5, 0.6) is 0 Å². The largest absolute Gasteiger partial charge is 0.500 e. The minimum Gasteiger partial charge on any atom is -0.453 e. The molecule has 0 aromatic carbocycles. The van der Waals surface area contributed by atoms with Crippen molar-refractivity contribution in [2.75, 3.05) is 64.0 Å². The normalized spacial score (nSPS) is 31.8. The summed E-state index contributed by atoms with van der Waals surface area (Å²) in [5, 5.41) is 0.472. The molecule has 0 bridgehead atoms. The number of carbonyl (C=O) groups excluding carboxylic acids is 2. The molecule has 6 fully saturated rings. The summed E-state index contributed by atoms with van der Waals surface area (Å²) in [6, 6.07) is 2.58. The number of carbonyl (C=O) groups is 2. The molecule has 3 saturated heterocycles. The number of epoxide rings is 1. The van der Waals surface area contributed by atoms with Gasteiger partial charge >= 0.3 is 37.0 Å². The van der Waals surface area contributed by atoms with Gasteiger partial charge in [0.05, 0.1) is 22.7 Å². The van der Waals surface area contributed by atoms with Gasteiger partial charge in [-0.05, 0) is 118 Å². The zero-order valence-electron chi connectivity index (χ0n) is 33.8. The fourth-order valence-corrected chi connectivity index (χ4v) is 16.4. The number of hydrogen-bond donors (Lipinski definition) is 0. The molecule has 3 aliphatic carbocycles. The topological polar surface area (TPSA) is 148 Å². The molecule has 0 aromatic rings. The van der Waals surface area contributed by atoms with Crippen molar-refractivity contribution in [3.63, 3.8) is 0 Å². The molecular formula is C35H66O14S2Si3. The molecule has 0 amide bonds. The minimum absolute atomic E-state index is 0.106. The first kappa shape index (κ1) is 46.6. The van der Waals surface area contributed by atoms with Gasteiger partial charge in [0.2, 0.25) is 0 Å². The average Bonchev–Trinajstić information content (AvgIpc) is 3.74. The Morgan fingerprint density at radius 1 is 0.463 bits per heavy atom. The van der Waals surface area contributed by atoms with Crippen molar-refractivity contribution in [1.82, 2.24) is 0 Å². The third-order valence-electron chi connectivity index (χ3n) is 12.2. The van der Waals surface area contributed by atoms with E-state index in [2.05, 4.69) is 0 Å². The van der Waals surface area contributed by atoms with Crippen molar-refractivity contribution in [3.8, 4) is 0 Å². The Hall–Kier alpha value is -0.109. The maximum absolute atomic E-state index is 11.3. The van der Waals surface area contributed by atoms with E-state index in [0.717, 1.165) is 81.8 Å². The van der Waals surface area contributed by atoms with Crippen molar-refractivity contribution in [1.29, 1.82) is 0 Å². The van der Waals surface area contributed by atoms with Crippen LogP contribution in [0.4, 0.5) is 9.59 Å². The Morgan fingerprint density at radius 2 is 0.778 bits per heavy atom. The van der Waals surface area contributed by atoms with E-state index in [1.54, 1.807) is 64.0 Å². The van der Waals surface area contributed by atoms with Crippen molar-refractivity contribution in [3.05, 3.63) is 0 Å². The highest BCUT2D eigenvalue weighted by molar-refractivity contribution is 8.14. The standard InChI is InChI=1S/2C12H22O5SSi.C11H22O4Si/c2*1-14-19(15-2,16-3)7-6-9-4-5-10-11(8-9)18-12(13)17-10;1-12-16(13-2,14-3)7-6-9-4-5-10-11(8-9)15-10/h2*9-11H,4-8H2,1-3H3;9-11H,4-8H2,1-3H3. The zero-order valence-corrected chi connectivity index (χ0v) is 38.5. The Bertz CT molecular complexity index is 1060. The molecule has 6 rings (SSSR count). The predicted octanol–water partition coefficient (Wildman–Crippen LogP) is 7.17. The van der Waals surface area contributed by atoms with Gasteiger partial charge in [-0.1, -0.05) is 0 Å². The number of hydrogen-bond acceptors (Lipinski definition) is 16. The van der Waals surface area contributed by atoms with Gasteiger partial charge in [-0.25, -0.2) is 9.59 Å². The molecule has 3 heterocycles. The second kappa shape index (κ2) is 22.3. The summed E-state index contributed by atoms with van der Waals surface area (Å²) in [7, 11) is 7.67. The van der Waals surface area contributed by atoms with Crippen LogP contribution < -0.4 is 0 Å². The fraction of sp³-hybridized carbons (Fsp3) is 0.943. The maximum atomic E-state index is 11.3. The van der Waals surface area contributed by atoms with Crippen LogP contribution in [0.3, 0.4) is 0 Å².